The summed E-state index contributed by atoms with van der Waals surface area (Å²) in [6.07, 6.45) is 8.63. The maximum absolute atomic E-state index is 4.24. The number of aromatic nitrogens is 2. The number of likely N-dealkylation sites (N-methyl/N-ethyl adjacent to an activating group) is 2. The zero-order chi connectivity index (χ0) is 14.5. The highest BCUT2D eigenvalue weighted by Crippen LogP contribution is 2.28. The lowest BCUT2D eigenvalue weighted by Crippen LogP contribution is -2.57. The van der Waals surface area contributed by atoms with Gasteiger partial charge in [-0.05, 0) is 52.4 Å². The first-order valence-electron chi connectivity index (χ1n) is 7.32. The molecule has 1 aromatic heterocycles. The second kappa shape index (κ2) is 7.06. The van der Waals surface area contributed by atoms with Crippen molar-refractivity contribution in [3.63, 3.8) is 0 Å². The Bertz CT molecular complexity index is 366. The molecule has 0 radical (unpaired) electrons. The van der Waals surface area contributed by atoms with Crippen LogP contribution in [0.5, 0.6) is 0 Å². The van der Waals surface area contributed by atoms with Crippen LogP contribution in [0.4, 0.5) is 0 Å². The van der Waals surface area contributed by atoms with E-state index >= 15 is 0 Å². The lowest BCUT2D eigenvalue weighted by molar-refractivity contribution is 0.0879. The summed E-state index contributed by atoms with van der Waals surface area (Å²) in [7, 11) is 8.45. The van der Waals surface area contributed by atoms with E-state index in [1.807, 2.05) is 17.9 Å². The Morgan fingerprint density at radius 2 is 2.00 bits per heavy atom. The minimum Gasteiger partial charge on any atom is -0.315 e. The first-order chi connectivity index (χ1) is 9.00. The predicted octanol–water partition coefficient (Wildman–Crippen LogP) is 2.06. The van der Waals surface area contributed by atoms with Crippen LogP contribution in [0.2, 0.25) is 0 Å². The third kappa shape index (κ3) is 3.57. The lowest BCUT2D eigenvalue weighted by Gasteiger charge is -2.45. The second-order valence-corrected chi connectivity index (χ2v) is 5.61. The molecule has 1 unspecified atom stereocenters. The molecule has 0 spiro atoms. The van der Waals surface area contributed by atoms with Crippen molar-refractivity contribution < 1.29 is 0 Å². The summed E-state index contributed by atoms with van der Waals surface area (Å²) >= 11 is 0. The van der Waals surface area contributed by atoms with Gasteiger partial charge < -0.3 is 10.2 Å². The van der Waals surface area contributed by atoms with Crippen molar-refractivity contribution in [1.82, 2.24) is 20.0 Å². The van der Waals surface area contributed by atoms with Gasteiger partial charge in [-0.2, -0.15) is 5.10 Å². The molecule has 0 aliphatic heterocycles. The van der Waals surface area contributed by atoms with Gasteiger partial charge in [-0.15, -0.1) is 0 Å². The zero-order valence-corrected chi connectivity index (χ0v) is 13.4. The fraction of sp³-hybridized carbons (Fsp3) is 0.800. The minimum atomic E-state index is 0.233. The fourth-order valence-corrected chi connectivity index (χ4v) is 3.28. The van der Waals surface area contributed by atoms with Crippen molar-refractivity contribution in [3.8, 4) is 0 Å². The van der Waals surface area contributed by atoms with E-state index in [4.69, 9.17) is 0 Å². The topological polar surface area (TPSA) is 33.1 Å². The quantitative estimate of drug-likeness (QED) is 0.782. The Morgan fingerprint density at radius 3 is 2.37 bits per heavy atom. The lowest BCUT2D eigenvalue weighted by atomic mass is 9.80. The highest BCUT2D eigenvalue weighted by atomic mass is 15.2. The van der Waals surface area contributed by atoms with Gasteiger partial charge >= 0.3 is 0 Å². The van der Waals surface area contributed by atoms with Crippen molar-refractivity contribution in [2.45, 2.75) is 51.1 Å². The first kappa shape index (κ1) is 16.2. The van der Waals surface area contributed by atoms with Crippen molar-refractivity contribution in [2.75, 3.05) is 21.1 Å². The van der Waals surface area contributed by atoms with E-state index < -0.39 is 0 Å². The molecular formula is C15H30N4. The summed E-state index contributed by atoms with van der Waals surface area (Å²) in [6, 6.07) is 0.498. The van der Waals surface area contributed by atoms with Gasteiger partial charge in [-0.25, -0.2) is 0 Å². The molecule has 0 saturated heterocycles. The van der Waals surface area contributed by atoms with Gasteiger partial charge in [0.2, 0.25) is 0 Å². The van der Waals surface area contributed by atoms with Crippen LogP contribution in [-0.4, -0.2) is 47.4 Å². The van der Waals surface area contributed by atoms with Crippen LogP contribution in [0.1, 0.15) is 38.7 Å². The van der Waals surface area contributed by atoms with Crippen molar-refractivity contribution in [2.24, 2.45) is 7.05 Å². The van der Waals surface area contributed by atoms with Gasteiger partial charge in [0.25, 0.3) is 0 Å². The summed E-state index contributed by atoms with van der Waals surface area (Å²) in [6.45, 7) is 4.58. The SMILES string of the molecule is CCC(CC)(C(CCc1cnn(C)c1)NC)N(C)C. The van der Waals surface area contributed by atoms with E-state index in [0.717, 1.165) is 25.7 Å². The Labute approximate surface area is 118 Å². The third-order valence-electron chi connectivity index (χ3n) is 4.59. The first-order valence-corrected chi connectivity index (χ1v) is 7.32. The molecule has 1 heterocycles. The highest BCUT2D eigenvalue weighted by molar-refractivity contribution is 5.06. The normalized spacial score (nSPS) is 14.1. The summed E-state index contributed by atoms with van der Waals surface area (Å²) in [5.41, 5.74) is 1.55. The summed E-state index contributed by atoms with van der Waals surface area (Å²) in [5.74, 6) is 0. The summed E-state index contributed by atoms with van der Waals surface area (Å²) in [5, 5.41) is 7.78. The van der Waals surface area contributed by atoms with Crippen LogP contribution in [-0.2, 0) is 13.5 Å². The molecule has 1 rings (SSSR count). The van der Waals surface area contributed by atoms with Crippen LogP contribution >= 0.6 is 0 Å². The van der Waals surface area contributed by atoms with Crippen molar-refractivity contribution in [3.05, 3.63) is 18.0 Å². The molecule has 19 heavy (non-hydrogen) atoms. The third-order valence-corrected chi connectivity index (χ3v) is 4.59. The van der Waals surface area contributed by atoms with Crippen LogP contribution in [0.25, 0.3) is 0 Å². The van der Waals surface area contributed by atoms with Gasteiger partial charge in [0.15, 0.2) is 0 Å². The van der Waals surface area contributed by atoms with Crippen LogP contribution < -0.4 is 5.32 Å². The monoisotopic (exact) mass is 266 g/mol. The van der Waals surface area contributed by atoms with E-state index in [2.05, 4.69) is 56.5 Å². The van der Waals surface area contributed by atoms with E-state index in [0.29, 0.717) is 6.04 Å². The number of aryl methyl sites for hydroxylation is 2. The number of hydrogen-bond donors (Lipinski definition) is 1. The minimum absolute atomic E-state index is 0.233. The van der Waals surface area contributed by atoms with E-state index in [-0.39, 0.29) is 5.54 Å². The summed E-state index contributed by atoms with van der Waals surface area (Å²) in [4.78, 5) is 2.39. The molecule has 0 aliphatic rings. The van der Waals surface area contributed by atoms with Crippen LogP contribution in [0, 0.1) is 0 Å². The molecule has 1 atom stereocenters. The van der Waals surface area contributed by atoms with E-state index in [9.17, 15) is 0 Å². The van der Waals surface area contributed by atoms with Gasteiger partial charge in [-0.1, -0.05) is 13.8 Å². The average molecular weight is 266 g/mol. The Balaban J connectivity index is 2.75. The zero-order valence-electron chi connectivity index (χ0n) is 13.4. The van der Waals surface area contributed by atoms with Crippen molar-refractivity contribution >= 4 is 0 Å². The average Bonchev–Trinajstić information content (AvgIpc) is 2.80. The maximum atomic E-state index is 4.24. The molecule has 1 N–H and O–H groups in total. The molecule has 1 aromatic rings. The van der Waals surface area contributed by atoms with Gasteiger partial charge in [0, 0.05) is 24.8 Å². The molecule has 0 bridgehead atoms. The Morgan fingerprint density at radius 1 is 1.37 bits per heavy atom. The fourth-order valence-electron chi connectivity index (χ4n) is 3.28. The highest BCUT2D eigenvalue weighted by Gasteiger charge is 2.36. The van der Waals surface area contributed by atoms with E-state index in [1.54, 1.807) is 0 Å². The molecule has 0 aliphatic carbocycles. The Hall–Kier alpha value is -0.870. The van der Waals surface area contributed by atoms with Crippen molar-refractivity contribution in [1.29, 1.82) is 0 Å². The maximum Gasteiger partial charge on any atom is 0.0521 e. The largest absolute Gasteiger partial charge is 0.315 e. The molecule has 4 heteroatoms. The van der Waals surface area contributed by atoms with Crippen LogP contribution in [0.15, 0.2) is 12.4 Å². The van der Waals surface area contributed by atoms with E-state index in [1.165, 1.54) is 5.56 Å². The van der Waals surface area contributed by atoms with Gasteiger partial charge in [0.1, 0.15) is 0 Å². The predicted molar refractivity (Wildman–Crippen MR) is 81.4 cm³/mol. The standard InChI is InChI=1S/C15H30N4/c1-7-15(8-2,18(4)5)14(16-3)10-9-13-11-17-19(6)12-13/h11-12,14,16H,7-10H2,1-6H3. The number of nitrogens with zero attached hydrogens (tertiary/aromatic N) is 3. The molecule has 4 nitrogen and oxygen atoms in total. The summed E-state index contributed by atoms with van der Waals surface area (Å²) < 4.78 is 1.88. The smallest absolute Gasteiger partial charge is 0.0521 e. The molecule has 0 amide bonds. The molecule has 0 saturated carbocycles. The number of rotatable bonds is 8. The van der Waals surface area contributed by atoms with Gasteiger partial charge in [-0.3, -0.25) is 4.68 Å². The molecule has 110 valence electrons. The molecular weight excluding hydrogens is 236 g/mol. The number of hydrogen-bond acceptors (Lipinski definition) is 3. The Kier molecular flexibility index (Phi) is 6.01. The molecule has 0 aromatic carbocycles. The van der Waals surface area contributed by atoms with Crippen LogP contribution in [0.3, 0.4) is 0 Å². The number of nitrogens with one attached hydrogen (secondary N) is 1. The molecule has 0 fully saturated rings. The second-order valence-electron chi connectivity index (χ2n) is 5.61. The van der Waals surface area contributed by atoms with Gasteiger partial charge in [0.05, 0.1) is 6.20 Å².